The standard InChI is InChI=1S/C28H28Cl2N4O4/c1-31(27(35)17-34-24-13-22(29)23(30)14-26(24)38-18-28(34)36)25(16-32-10-2-3-11-32)20-8-6-19(7-9-20)21-5-4-12-33(37)15-21/h4-9,12-15,25H,2-3,10-11,16-18H2,1H3. The number of pyridine rings is 1. The van der Waals surface area contributed by atoms with Crippen LogP contribution < -0.4 is 14.4 Å². The number of hydrogen-bond acceptors (Lipinski definition) is 5. The zero-order valence-electron chi connectivity index (χ0n) is 21.0. The summed E-state index contributed by atoms with van der Waals surface area (Å²) in [5.74, 6) is -0.114. The van der Waals surface area contributed by atoms with Crippen LogP contribution in [0.4, 0.5) is 5.69 Å². The van der Waals surface area contributed by atoms with E-state index in [-0.39, 0.29) is 36.0 Å². The van der Waals surface area contributed by atoms with Gasteiger partial charge in [0.2, 0.25) is 5.91 Å². The molecule has 10 heteroatoms. The number of likely N-dealkylation sites (N-methyl/N-ethyl adjacent to an activating group) is 1. The van der Waals surface area contributed by atoms with E-state index in [9.17, 15) is 14.8 Å². The molecule has 0 radical (unpaired) electrons. The van der Waals surface area contributed by atoms with E-state index in [1.54, 1.807) is 30.1 Å². The van der Waals surface area contributed by atoms with Crippen LogP contribution in [-0.2, 0) is 9.59 Å². The number of carbonyl (C=O) groups excluding carboxylic acids is 2. The van der Waals surface area contributed by atoms with Gasteiger partial charge in [0.25, 0.3) is 5.91 Å². The molecule has 5 rings (SSSR count). The van der Waals surface area contributed by atoms with Crippen molar-refractivity contribution in [2.45, 2.75) is 18.9 Å². The monoisotopic (exact) mass is 554 g/mol. The Balaban J connectivity index is 1.39. The number of benzene rings is 2. The number of anilines is 1. The summed E-state index contributed by atoms with van der Waals surface area (Å²) >= 11 is 12.3. The normalized spacial score (nSPS) is 16.2. The van der Waals surface area contributed by atoms with Gasteiger partial charge >= 0.3 is 0 Å². The number of halogens is 2. The predicted molar refractivity (Wildman–Crippen MR) is 146 cm³/mol. The number of ether oxygens (including phenoxy) is 1. The van der Waals surface area contributed by atoms with E-state index in [0.717, 1.165) is 47.4 Å². The molecule has 3 aromatic rings. The van der Waals surface area contributed by atoms with Crippen LogP contribution in [0.25, 0.3) is 11.1 Å². The number of aromatic nitrogens is 1. The highest BCUT2D eigenvalue weighted by molar-refractivity contribution is 6.42. The maximum absolute atomic E-state index is 13.6. The van der Waals surface area contributed by atoms with E-state index >= 15 is 0 Å². The SMILES string of the molecule is CN(C(=O)CN1C(=O)COc2cc(Cl)c(Cl)cc21)C(CN1CCCC1)c1ccc(-c2ccc[n+]([O-])c2)cc1. The lowest BCUT2D eigenvalue weighted by atomic mass is 10.00. The van der Waals surface area contributed by atoms with Crippen LogP contribution in [0.2, 0.25) is 10.0 Å². The van der Waals surface area contributed by atoms with Gasteiger partial charge in [-0.2, -0.15) is 4.73 Å². The lowest BCUT2D eigenvalue weighted by Crippen LogP contribution is -2.47. The fourth-order valence-corrected chi connectivity index (χ4v) is 5.29. The second kappa shape index (κ2) is 11.2. The van der Waals surface area contributed by atoms with Crippen molar-refractivity contribution in [3.05, 3.63) is 81.7 Å². The van der Waals surface area contributed by atoms with Gasteiger partial charge in [0, 0.05) is 31.3 Å². The summed E-state index contributed by atoms with van der Waals surface area (Å²) in [6, 6.07) is 14.4. The highest BCUT2D eigenvalue weighted by Gasteiger charge is 2.32. The van der Waals surface area contributed by atoms with E-state index < -0.39 is 0 Å². The molecule has 2 aliphatic heterocycles. The first kappa shape index (κ1) is 26.3. The van der Waals surface area contributed by atoms with Gasteiger partial charge in [-0.25, -0.2) is 0 Å². The number of amides is 2. The highest BCUT2D eigenvalue weighted by atomic mass is 35.5. The Kier molecular flexibility index (Phi) is 7.74. The van der Waals surface area contributed by atoms with Gasteiger partial charge < -0.3 is 19.7 Å². The average molecular weight is 555 g/mol. The minimum absolute atomic E-state index is 0.147. The van der Waals surface area contributed by atoms with E-state index in [1.165, 1.54) is 17.3 Å². The maximum Gasteiger partial charge on any atom is 0.265 e. The average Bonchev–Trinajstić information content (AvgIpc) is 3.43. The fraction of sp³-hybridized carbons (Fsp3) is 0.321. The number of hydrogen-bond donors (Lipinski definition) is 0. The number of nitrogens with zero attached hydrogens (tertiary/aromatic N) is 4. The summed E-state index contributed by atoms with van der Waals surface area (Å²) in [6.07, 6.45) is 5.25. The second-order valence-electron chi connectivity index (χ2n) is 9.61. The van der Waals surface area contributed by atoms with E-state index in [0.29, 0.717) is 23.0 Å². The van der Waals surface area contributed by atoms with Crippen LogP contribution in [0.15, 0.2) is 60.9 Å². The second-order valence-corrected chi connectivity index (χ2v) is 10.4. The topological polar surface area (TPSA) is 80.0 Å². The minimum atomic E-state index is -0.323. The summed E-state index contributed by atoms with van der Waals surface area (Å²) in [7, 11) is 1.77. The summed E-state index contributed by atoms with van der Waals surface area (Å²) in [5.41, 5.74) is 3.14. The minimum Gasteiger partial charge on any atom is -0.619 e. The molecule has 1 atom stereocenters. The molecule has 1 fully saturated rings. The molecular formula is C28H28Cl2N4O4. The molecule has 3 heterocycles. The first-order valence-electron chi connectivity index (χ1n) is 12.5. The van der Waals surface area contributed by atoms with Gasteiger partial charge in [-0.05, 0) is 49.2 Å². The quantitative estimate of drug-likeness (QED) is 0.321. The zero-order valence-corrected chi connectivity index (χ0v) is 22.5. The molecule has 2 aromatic carbocycles. The third-order valence-electron chi connectivity index (χ3n) is 7.13. The third kappa shape index (κ3) is 5.57. The molecule has 0 saturated carbocycles. The third-order valence-corrected chi connectivity index (χ3v) is 7.85. The summed E-state index contributed by atoms with van der Waals surface area (Å²) < 4.78 is 6.29. The molecule has 1 aromatic heterocycles. The molecule has 198 valence electrons. The molecule has 0 N–H and O–H groups in total. The molecule has 1 saturated heterocycles. The molecule has 0 aliphatic carbocycles. The smallest absolute Gasteiger partial charge is 0.265 e. The van der Waals surface area contributed by atoms with E-state index in [1.807, 2.05) is 30.3 Å². The molecule has 2 amide bonds. The number of likely N-dealkylation sites (tertiary alicyclic amines) is 1. The van der Waals surface area contributed by atoms with Gasteiger partial charge in [0.05, 0.1) is 21.8 Å². The van der Waals surface area contributed by atoms with Gasteiger partial charge in [0.15, 0.2) is 19.0 Å². The van der Waals surface area contributed by atoms with Crippen LogP contribution >= 0.6 is 23.2 Å². The Morgan fingerprint density at radius 1 is 1.11 bits per heavy atom. The van der Waals surface area contributed by atoms with Crippen molar-refractivity contribution < 1.29 is 19.1 Å². The Bertz CT molecular complexity index is 1350. The van der Waals surface area contributed by atoms with Gasteiger partial charge in [-0.1, -0.05) is 47.5 Å². The lowest BCUT2D eigenvalue weighted by molar-refractivity contribution is -0.604. The van der Waals surface area contributed by atoms with Crippen molar-refractivity contribution in [3.8, 4) is 16.9 Å². The van der Waals surface area contributed by atoms with Crippen molar-refractivity contribution in [2.24, 2.45) is 0 Å². The van der Waals surface area contributed by atoms with Crippen LogP contribution in [0.3, 0.4) is 0 Å². The molecule has 1 unspecified atom stereocenters. The predicted octanol–water partition coefficient (Wildman–Crippen LogP) is 4.31. The molecule has 2 aliphatic rings. The van der Waals surface area contributed by atoms with Crippen molar-refractivity contribution in [1.29, 1.82) is 0 Å². The number of fused-ring (bicyclic) bond motifs is 1. The van der Waals surface area contributed by atoms with Crippen molar-refractivity contribution in [3.63, 3.8) is 0 Å². The summed E-state index contributed by atoms with van der Waals surface area (Å²) in [4.78, 5) is 31.8. The van der Waals surface area contributed by atoms with Crippen LogP contribution in [0.1, 0.15) is 24.4 Å². The molecule has 0 bridgehead atoms. The van der Waals surface area contributed by atoms with Crippen molar-refractivity contribution >= 4 is 40.7 Å². The number of rotatable bonds is 7. The van der Waals surface area contributed by atoms with E-state index in [2.05, 4.69) is 4.90 Å². The van der Waals surface area contributed by atoms with Gasteiger partial charge in [-0.3, -0.25) is 14.5 Å². The van der Waals surface area contributed by atoms with Crippen LogP contribution in [0, 0.1) is 5.21 Å². The summed E-state index contributed by atoms with van der Waals surface area (Å²) in [5, 5.41) is 12.3. The lowest BCUT2D eigenvalue weighted by Gasteiger charge is -2.35. The molecule has 38 heavy (non-hydrogen) atoms. The van der Waals surface area contributed by atoms with Crippen LogP contribution in [-0.4, -0.2) is 61.4 Å². The maximum atomic E-state index is 13.6. The highest BCUT2D eigenvalue weighted by Crippen LogP contribution is 2.39. The first-order chi connectivity index (χ1) is 18.3. The Morgan fingerprint density at radius 2 is 1.82 bits per heavy atom. The summed E-state index contributed by atoms with van der Waals surface area (Å²) in [6.45, 7) is 2.33. The van der Waals surface area contributed by atoms with Crippen molar-refractivity contribution in [2.75, 3.05) is 44.7 Å². The van der Waals surface area contributed by atoms with Gasteiger partial charge in [-0.15, -0.1) is 0 Å². The molecular weight excluding hydrogens is 527 g/mol. The van der Waals surface area contributed by atoms with Crippen LogP contribution in [0.5, 0.6) is 5.75 Å². The van der Waals surface area contributed by atoms with Gasteiger partial charge in [0.1, 0.15) is 12.3 Å². The Labute approximate surface area is 231 Å². The zero-order chi connectivity index (χ0) is 26.8. The first-order valence-corrected chi connectivity index (χ1v) is 13.2. The Hall–Kier alpha value is -3.33. The fourth-order valence-electron chi connectivity index (χ4n) is 4.97. The molecule has 0 spiro atoms. The number of carbonyl (C=O) groups is 2. The largest absolute Gasteiger partial charge is 0.619 e. The molecule has 8 nitrogen and oxygen atoms in total. The Morgan fingerprint density at radius 3 is 2.53 bits per heavy atom. The van der Waals surface area contributed by atoms with E-state index in [4.69, 9.17) is 27.9 Å². The van der Waals surface area contributed by atoms with Crippen molar-refractivity contribution in [1.82, 2.24) is 9.80 Å².